The molecule has 0 bridgehead atoms. The Morgan fingerprint density at radius 1 is 1.46 bits per heavy atom. The maximum Gasteiger partial charge on any atom is 0.211 e. The van der Waals surface area contributed by atoms with Gasteiger partial charge in [0.05, 0.1) is 6.21 Å². The molecule has 68 valence electrons. The lowest BCUT2D eigenvalue weighted by Crippen LogP contribution is -2.21. The van der Waals surface area contributed by atoms with Crippen LogP contribution in [0.25, 0.3) is 0 Å². The lowest BCUT2D eigenvalue weighted by molar-refractivity contribution is 1.21. The molecule has 1 rings (SSSR count). The van der Waals surface area contributed by atoms with E-state index in [2.05, 4.69) is 31.1 Å². The Morgan fingerprint density at radius 2 is 2.23 bits per heavy atom. The highest BCUT2D eigenvalue weighted by atomic mass is 79.9. The van der Waals surface area contributed by atoms with E-state index in [-0.39, 0.29) is 5.96 Å². The van der Waals surface area contributed by atoms with E-state index >= 15 is 0 Å². The highest BCUT2D eigenvalue weighted by Gasteiger charge is 1.89. The number of nitrogens with two attached hydrogens (primary N) is 2. The zero-order valence-electron chi connectivity index (χ0n) is 6.68. The molecule has 0 amide bonds. The first-order valence-corrected chi connectivity index (χ1v) is 4.20. The van der Waals surface area contributed by atoms with Gasteiger partial charge in [0.25, 0.3) is 0 Å². The molecule has 0 saturated heterocycles. The summed E-state index contributed by atoms with van der Waals surface area (Å²) in [5, 5.41) is 7.08. The highest BCUT2D eigenvalue weighted by molar-refractivity contribution is 9.10. The smallest absolute Gasteiger partial charge is 0.211 e. The van der Waals surface area contributed by atoms with Crippen LogP contribution in [0.4, 0.5) is 0 Å². The van der Waals surface area contributed by atoms with Crippen LogP contribution in [0.1, 0.15) is 5.56 Å². The maximum absolute atomic E-state index is 5.08. The van der Waals surface area contributed by atoms with Crippen molar-refractivity contribution < 1.29 is 0 Å². The van der Waals surface area contributed by atoms with Gasteiger partial charge in [-0.25, -0.2) is 0 Å². The van der Waals surface area contributed by atoms with Crippen LogP contribution in [-0.2, 0) is 0 Å². The first-order valence-electron chi connectivity index (χ1n) is 3.41. The predicted molar refractivity (Wildman–Crippen MR) is 55.3 cm³/mol. The van der Waals surface area contributed by atoms with Gasteiger partial charge in [0, 0.05) is 22.4 Å². The van der Waals surface area contributed by atoms with Crippen LogP contribution in [-0.4, -0.2) is 17.2 Å². The van der Waals surface area contributed by atoms with Gasteiger partial charge in [0.2, 0.25) is 5.96 Å². The van der Waals surface area contributed by atoms with E-state index < -0.39 is 0 Å². The van der Waals surface area contributed by atoms with Crippen LogP contribution in [0.2, 0.25) is 0 Å². The second kappa shape index (κ2) is 4.56. The van der Waals surface area contributed by atoms with Crippen molar-refractivity contribution in [2.45, 2.75) is 0 Å². The Kier molecular flexibility index (Phi) is 3.39. The average molecular weight is 242 g/mol. The van der Waals surface area contributed by atoms with E-state index in [1.54, 1.807) is 12.4 Å². The lowest BCUT2D eigenvalue weighted by Gasteiger charge is -1.91. The van der Waals surface area contributed by atoms with Crippen molar-refractivity contribution in [3.8, 4) is 0 Å². The number of hydrogen-bond donors (Lipinski definition) is 2. The normalized spacial score (nSPS) is 10.2. The van der Waals surface area contributed by atoms with Crippen LogP contribution < -0.4 is 11.5 Å². The molecular formula is C7H8BrN5. The molecule has 4 N–H and O–H groups in total. The first-order chi connectivity index (χ1) is 6.18. The number of aromatic nitrogens is 1. The molecule has 0 aliphatic heterocycles. The summed E-state index contributed by atoms with van der Waals surface area (Å²) < 4.78 is 0.876. The summed E-state index contributed by atoms with van der Waals surface area (Å²) in [4.78, 5) is 3.93. The number of halogens is 1. The van der Waals surface area contributed by atoms with E-state index in [0.717, 1.165) is 10.0 Å². The summed E-state index contributed by atoms with van der Waals surface area (Å²) >= 11 is 3.27. The number of rotatable bonds is 2. The van der Waals surface area contributed by atoms with Crippen molar-refractivity contribution in [3.05, 3.63) is 28.5 Å². The topological polar surface area (TPSA) is 89.7 Å². The first kappa shape index (κ1) is 9.66. The van der Waals surface area contributed by atoms with Gasteiger partial charge in [-0.05, 0) is 22.0 Å². The minimum atomic E-state index is -0.0702. The molecule has 13 heavy (non-hydrogen) atoms. The van der Waals surface area contributed by atoms with E-state index in [1.165, 1.54) is 6.21 Å². The third-order valence-electron chi connectivity index (χ3n) is 1.11. The molecule has 0 aliphatic carbocycles. The van der Waals surface area contributed by atoms with Crippen molar-refractivity contribution >= 4 is 28.1 Å². The minimum Gasteiger partial charge on any atom is -0.369 e. The molecule has 0 aliphatic rings. The van der Waals surface area contributed by atoms with Crippen molar-refractivity contribution in [1.82, 2.24) is 4.98 Å². The Morgan fingerprint density at radius 3 is 2.85 bits per heavy atom. The van der Waals surface area contributed by atoms with Gasteiger partial charge in [0.1, 0.15) is 0 Å². The van der Waals surface area contributed by atoms with E-state index in [4.69, 9.17) is 11.5 Å². The van der Waals surface area contributed by atoms with Gasteiger partial charge >= 0.3 is 0 Å². The average Bonchev–Trinajstić information content (AvgIpc) is 2.03. The molecule has 0 saturated carbocycles. The highest BCUT2D eigenvalue weighted by Crippen LogP contribution is 2.07. The molecule has 6 heteroatoms. The van der Waals surface area contributed by atoms with Crippen LogP contribution in [0.3, 0.4) is 0 Å². The fraction of sp³-hybridized carbons (Fsp3) is 0. The minimum absolute atomic E-state index is 0.0702. The largest absolute Gasteiger partial charge is 0.369 e. The molecule has 1 aromatic rings. The SMILES string of the molecule is NC(N)=N/N=C/c1cncc(Br)c1. The van der Waals surface area contributed by atoms with E-state index in [0.29, 0.717) is 0 Å². The standard InChI is InChI=1S/C7H8BrN5/c8-6-1-5(2-11-4-6)3-12-13-7(9)10/h1-4H,(H4,9,10,13)/b12-3+. The maximum atomic E-state index is 5.08. The fourth-order valence-electron chi connectivity index (χ4n) is 0.661. The number of nitrogens with zero attached hydrogens (tertiary/aromatic N) is 3. The van der Waals surface area contributed by atoms with Gasteiger partial charge in [-0.3, -0.25) is 4.98 Å². The molecule has 5 nitrogen and oxygen atoms in total. The summed E-state index contributed by atoms with van der Waals surface area (Å²) in [6.45, 7) is 0. The molecular weight excluding hydrogens is 234 g/mol. The molecule has 0 fully saturated rings. The van der Waals surface area contributed by atoms with Gasteiger partial charge in [0.15, 0.2) is 0 Å². The summed E-state index contributed by atoms with van der Waals surface area (Å²) in [6, 6.07) is 1.85. The number of hydrogen-bond acceptors (Lipinski definition) is 3. The fourth-order valence-corrected chi connectivity index (χ4v) is 1.04. The molecule has 0 unspecified atom stereocenters. The monoisotopic (exact) mass is 241 g/mol. The van der Waals surface area contributed by atoms with E-state index in [1.807, 2.05) is 6.07 Å². The van der Waals surface area contributed by atoms with Crippen LogP contribution in [0.5, 0.6) is 0 Å². The van der Waals surface area contributed by atoms with E-state index in [9.17, 15) is 0 Å². The van der Waals surface area contributed by atoms with Crippen LogP contribution >= 0.6 is 15.9 Å². The Labute approximate surface area is 83.7 Å². The predicted octanol–water partition coefficient (Wildman–Crippen LogP) is 0.451. The summed E-state index contributed by atoms with van der Waals surface area (Å²) in [5.41, 5.74) is 11.0. The zero-order chi connectivity index (χ0) is 9.68. The quantitative estimate of drug-likeness (QED) is 0.448. The lowest BCUT2D eigenvalue weighted by atomic mass is 10.3. The van der Waals surface area contributed by atoms with Gasteiger partial charge < -0.3 is 11.5 Å². The van der Waals surface area contributed by atoms with Crippen LogP contribution in [0, 0.1) is 0 Å². The Bertz CT molecular complexity index is 342. The molecule has 0 aromatic carbocycles. The second-order valence-corrected chi connectivity index (χ2v) is 3.12. The Hall–Kier alpha value is -1.43. The third-order valence-corrected chi connectivity index (χ3v) is 1.54. The van der Waals surface area contributed by atoms with Crippen molar-refractivity contribution in [3.63, 3.8) is 0 Å². The molecule has 0 atom stereocenters. The van der Waals surface area contributed by atoms with Crippen molar-refractivity contribution in [2.24, 2.45) is 21.7 Å². The number of guanidine groups is 1. The summed E-state index contributed by atoms with van der Waals surface area (Å²) in [5.74, 6) is -0.0702. The van der Waals surface area contributed by atoms with Gasteiger partial charge in [-0.15, -0.1) is 5.10 Å². The zero-order valence-corrected chi connectivity index (χ0v) is 8.27. The van der Waals surface area contributed by atoms with Gasteiger partial charge in [-0.1, -0.05) is 0 Å². The molecule has 0 spiro atoms. The Balaban J connectivity index is 2.75. The summed E-state index contributed by atoms with van der Waals surface area (Å²) in [6.07, 6.45) is 4.84. The van der Waals surface area contributed by atoms with Crippen LogP contribution in [0.15, 0.2) is 33.1 Å². The third kappa shape index (κ3) is 3.66. The van der Waals surface area contributed by atoms with Crippen molar-refractivity contribution in [2.75, 3.05) is 0 Å². The van der Waals surface area contributed by atoms with Gasteiger partial charge in [-0.2, -0.15) is 5.10 Å². The second-order valence-electron chi connectivity index (χ2n) is 2.21. The molecule has 1 aromatic heterocycles. The number of pyridine rings is 1. The molecule has 1 heterocycles. The summed E-state index contributed by atoms with van der Waals surface area (Å²) in [7, 11) is 0. The van der Waals surface area contributed by atoms with Crippen molar-refractivity contribution in [1.29, 1.82) is 0 Å². The molecule has 0 radical (unpaired) electrons.